The third-order valence-corrected chi connectivity index (χ3v) is 2.69. The van der Waals surface area contributed by atoms with E-state index in [0.29, 0.717) is 19.8 Å². The van der Waals surface area contributed by atoms with Crippen LogP contribution in [0.15, 0.2) is 0 Å². The van der Waals surface area contributed by atoms with Gasteiger partial charge < -0.3 is 15.4 Å². The van der Waals surface area contributed by atoms with Gasteiger partial charge in [0.25, 0.3) is 0 Å². The van der Waals surface area contributed by atoms with Crippen molar-refractivity contribution in [3.8, 4) is 0 Å². The molecule has 18 heavy (non-hydrogen) atoms. The Bertz CT molecular complexity index is 332. The average molecular weight is 257 g/mol. The first kappa shape index (κ1) is 14.4. The van der Waals surface area contributed by atoms with Crippen LogP contribution in [-0.4, -0.2) is 56.1 Å². The predicted octanol–water partition coefficient (Wildman–Crippen LogP) is -0.673. The fraction of sp³-hybridized carbons (Fsp3) is 0.727. The topological polar surface area (TPSA) is 87.7 Å². The molecule has 1 unspecified atom stereocenters. The van der Waals surface area contributed by atoms with Gasteiger partial charge in [-0.05, 0) is 0 Å². The van der Waals surface area contributed by atoms with Crippen molar-refractivity contribution >= 4 is 17.8 Å². The molecular formula is C11H19N3O4. The van der Waals surface area contributed by atoms with Crippen LogP contribution in [0.4, 0.5) is 4.79 Å². The van der Waals surface area contributed by atoms with E-state index >= 15 is 0 Å². The highest BCUT2D eigenvalue weighted by atomic mass is 16.5. The monoisotopic (exact) mass is 257 g/mol. The van der Waals surface area contributed by atoms with Gasteiger partial charge in [0.1, 0.15) is 0 Å². The minimum Gasteiger partial charge on any atom is -0.378 e. The molecule has 4 amide bonds. The van der Waals surface area contributed by atoms with Crippen molar-refractivity contribution in [2.45, 2.75) is 13.3 Å². The van der Waals surface area contributed by atoms with Crippen molar-refractivity contribution in [2.75, 3.05) is 33.4 Å². The number of hydrogen-bond donors (Lipinski definition) is 2. The first-order valence-corrected chi connectivity index (χ1v) is 5.93. The maximum atomic E-state index is 11.5. The molecule has 1 fully saturated rings. The van der Waals surface area contributed by atoms with Crippen LogP contribution in [-0.2, 0) is 14.3 Å². The molecule has 1 aliphatic rings. The van der Waals surface area contributed by atoms with E-state index in [1.165, 1.54) is 11.9 Å². The van der Waals surface area contributed by atoms with Crippen LogP contribution in [0.2, 0.25) is 0 Å². The predicted molar refractivity (Wildman–Crippen MR) is 63.8 cm³/mol. The Hall–Kier alpha value is -1.63. The third-order valence-electron chi connectivity index (χ3n) is 2.69. The maximum absolute atomic E-state index is 11.5. The zero-order valence-electron chi connectivity index (χ0n) is 10.7. The van der Waals surface area contributed by atoms with Crippen LogP contribution in [0, 0.1) is 5.92 Å². The number of ether oxygens (including phenoxy) is 1. The van der Waals surface area contributed by atoms with Gasteiger partial charge in [0, 0.05) is 25.9 Å². The lowest BCUT2D eigenvalue weighted by Crippen LogP contribution is -2.36. The fourth-order valence-corrected chi connectivity index (χ4v) is 1.67. The van der Waals surface area contributed by atoms with E-state index in [2.05, 4.69) is 10.6 Å². The zero-order chi connectivity index (χ0) is 13.5. The second-order valence-corrected chi connectivity index (χ2v) is 4.11. The van der Waals surface area contributed by atoms with Gasteiger partial charge in [0.05, 0.1) is 19.8 Å². The minimum atomic E-state index is -0.266. The van der Waals surface area contributed by atoms with Gasteiger partial charge in [-0.25, -0.2) is 4.79 Å². The van der Waals surface area contributed by atoms with Gasteiger partial charge in [0.15, 0.2) is 0 Å². The van der Waals surface area contributed by atoms with Crippen LogP contribution in [0.1, 0.15) is 13.3 Å². The number of carbonyl (C=O) groups is 3. The van der Waals surface area contributed by atoms with Crippen LogP contribution in [0.5, 0.6) is 0 Å². The molecular weight excluding hydrogens is 238 g/mol. The smallest absolute Gasteiger partial charge is 0.314 e. The van der Waals surface area contributed by atoms with Crippen molar-refractivity contribution in [1.29, 1.82) is 0 Å². The van der Waals surface area contributed by atoms with Crippen molar-refractivity contribution in [1.82, 2.24) is 15.5 Å². The SMILES string of the molecule is CNC(=O)NCCOCCN1C(=O)CC(C)C1=O. The normalized spacial score (nSPS) is 19.2. The van der Waals surface area contributed by atoms with Gasteiger partial charge in [-0.15, -0.1) is 0 Å². The molecule has 0 saturated carbocycles. The van der Waals surface area contributed by atoms with E-state index < -0.39 is 0 Å². The molecule has 7 nitrogen and oxygen atoms in total. The molecule has 0 aromatic heterocycles. The van der Waals surface area contributed by atoms with Crippen LogP contribution in [0.3, 0.4) is 0 Å². The van der Waals surface area contributed by atoms with E-state index in [9.17, 15) is 14.4 Å². The summed E-state index contributed by atoms with van der Waals surface area (Å²) in [6.45, 7) is 3.05. The summed E-state index contributed by atoms with van der Waals surface area (Å²) in [4.78, 5) is 35.0. The summed E-state index contributed by atoms with van der Waals surface area (Å²) >= 11 is 0. The molecule has 0 aliphatic carbocycles. The van der Waals surface area contributed by atoms with Gasteiger partial charge in [0.2, 0.25) is 11.8 Å². The zero-order valence-corrected chi connectivity index (χ0v) is 10.7. The molecule has 7 heteroatoms. The molecule has 0 aromatic carbocycles. The van der Waals surface area contributed by atoms with E-state index in [0.717, 1.165) is 0 Å². The first-order valence-electron chi connectivity index (χ1n) is 5.93. The number of likely N-dealkylation sites (tertiary alicyclic amines) is 1. The average Bonchev–Trinajstić information content (AvgIpc) is 2.59. The Balaban J connectivity index is 2.10. The highest BCUT2D eigenvalue weighted by molar-refractivity contribution is 6.03. The summed E-state index contributed by atoms with van der Waals surface area (Å²) in [6.07, 6.45) is 0.289. The van der Waals surface area contributed by atoms with Gasteiger partial charge in [-0.1, -0.05) is 6.92 Å². The van der Waals surface area contributed by atoms with E-state index in [4.69, 9.17) is 4.74 Å². The van der Waals surface area contributed by atoms with Crippen molar-refractivity contribution < 1.29 is 19.1 Å². The Morgan fingerprint density at radius 1 is 1.44 bits per heavy atom. The standard InChI is InChI=1S/C11H19N3O4/c1-8-7-9(15)14(10(8)16)4-6-18-5-3-13-11(17)12-2/h8H,3-7H2,1-2H3,(H2,12,13,17). The van der Waals surface area contributed by atoms with Crippen LogP contribution < -0.4 is 10.6 Å². The Morgan fingerprint density at radius 2 is 2.17 bits per heavy atom. The highest BCUT2D eigenvalue weighted by Crippen LogP contribution is 2.17. The number of nitrogens with zero attached hydrogens (tertiary/aromatic N) is 1. The Labute approximate surface area is 106 Å². The number of amides is 4. The number of carbonyl (C=O) groups excluding carboxylic acids is 3. The molecule has 1 aliphatic heterocycles. The summed E-state index contributed by atoms with van der Waals surface area (Å²) in [5.41, 5.74) is 0. The molecule has 1 heterocycles. The van der Waals surface area contributed by atoms with Gasteiger partial charge >= 0.3 is 6.03 Å². The number of urea groups is 1. The molecule has 0 aromatic rings. The van der Waals surface area contributed by atoms with E-state index in [1.54, 1.807) is 6.92 Å². The maximum Gasteiger partial charge on any atom is 0.314 e. The van der Waals surface area contributed by atoms with Crippen molar-refractivity contribution in [3.05, 3.63) is 0 Å². The summed E-state index contributed by atoms with van der Waals surface area (Å²) in [5.74, 6) is -0.487. The molecule has 1 rings (SSSR count). The Morgan fingerprint density at radius 3 is 2.72 bits per heavy atom. The second-order valence-electron chi connectivity index (χ2n) is 4.11. The van der Waals surface area contributed by atoms with E-state index in [1.807, 2.05) is 0 Å². The van der Waals surface area contributed by atoms with Gasteiger partial charge in [-0.3, -0.25) is 14.5 Å². The molecule has 0 spiro atoms. The molecule has 0 radical (unpaired) electrons. The number of imide groups is 1. The summed E-state index contributed by atoms with van der Waals surface area (Å²) in [7, 11) is 1.53. The summed E-state index contributed by atoms with van der Waals surface area (Å²) in [6, 6.07) is -0.266. The van der Waals surface area contributed by atoms with E-state index in [-0.39, 0.29) is 36.7 Å². The van der Waals surface area contributed by atoms with Crippen LogP contribution >= 0.6 is 0 Å². The minimum absolute atomic E-state index is 0.132. The number of rotatable bonds is 6. The first-order chi connectivity index (χ1) is 8.56. The lowest BCUT2D eigenvalue weighted by Gasteiger charge is -2.14. The molecule has 2 N–H and O–H groups in total. The summed E-state index contributed by atoms with van der Waals surface area (Å²) < 4.78 is 5.23. The quantitative estimate of drug-likeness (QED) is 0.488. The highest BCUT2D eigenvalue weighted by Gasteiger charge is 2.34. The number of nitrogens with one attached hydrogen (secondary N) is 2. The summed E-state index contributed by atoms with van der Waals surface area (Å²) in [5, 5.41) is 4.98. The molecule has 102 valence electrons. The van der Waals surface area contributed by atoms with Crippen molar-refractivity contribution in [3.63, 3.8) is 0 Å². The largest absolute Gasteiger partial charge is 0.378 e. The lowest BCUT2D eigenvalue weighted by atomic mass is 10.1. The molecule has 0 bridgehead atoms. The van der Waals surface area contributed by atoms with Gasteiger partial charge in [-0.2, -0.15) is 0 Å². The van der Waals surface area contributed by atoms with Crippen LogP contribution in [0.25, 0.3) is 0 Å². The lowest BCUT2D eigenvalue weighted by molar-refractivity contribution is -0.140. The van der Waals surface area contributed by atoms with Crippen molar-refractivity contribution in [2.24, 2.45) is 5.92 Å². The Kier molecular flexibility index (Phi) is 5.57. The molecule has 1 atom stereocenters. The third kappa shape index (κ3) is 3.99. The molecule has 1 saturated heterocycles. The number of hydrogen-bond acceptors (Lipinski definition) is 4. The fourth-order valence-electron chi connectivity index (χ4n) is 1.67. The second kappa shape index (κ2) is 6.95.